The normalized spacial score (nSPS) is 13.2. The van der Waals surface area contributed by atoms with E-state index < -0.39 is 47.4 Å². The van der Waals surface area contributed by atoms with E-state index in [1.807, 2.05) is 13.8 Å². The highest BCUT2D eigenvalue weighted by molar-refractivity contribution is 8.76. The highest BCUT2D eigenvalue weighted by Crippen LogP contribution is 2.24. The van der Waals surface area contributed by atoms with Gasteiger partial charge in [0.25, 0.3) is 0 Å². The number of amides is 2. The van der Waals surface area contributed by atoms with Gasteiger partial charge in [0.05, 0.1) is 13.2 Å². The third-order valence-corrected chi connectivity index (χ3v) is 6.38. The molecule has 0 bridgehead atoms. The minimum absolute atomic E-state index is 0.271. The highest BCUT2D eigenvalue weighted by Gasteiger charge is 2.27. The van der Waals surface area contributed by atoms with E-state index in [1.54, 1.807) is 41.5 Å². The maximum atomic E-state index is 12.4. The standard InChI is InChI=1S/C24H44N2O8S2/c1-9-13-31-19(27)17(25-21(29)33-23(3,4)5)11-15-35-36-16-12-18(20(28)32-14-10-2)26-22(30)34-24(6,7)8/h17-18H,9-16H2,1-8H3,(H,25,29)(H,26,30)/t17-,18-/m0/s1. The lowest BCUT2D eigenvalue weighted by molar-refractivity contribution is -0.147. The molecule has 2 amide bonds. The molecule has 2 atom stereocenters. The third-order valence-electron chi connectivity index (χ3n) is 3.91. The predicted molar refractivity (Wildman–Crippen MR) is 143 cm³/mol. The summed E-state index contributed by atoms with van der Waals surface area (Å²) in [7, 11) is 2.97. The van der Waals surface area contributed by atoms with Crippen molar-refractivity contribution in [1.29, 1.82) is 0 Å². The van der Waals surface area contributed by atoms with Crippen molar-refractivity contribution in [2.24, 2.45) is 0 Å². The van der Waals surface area contributed by atoms with Crippen LogP contribution in [0.2, 0.25) is 0 Å². The summed E-state index contributed by atoms with van der Waals surface area (Å²) in [5.41, 5.74) is -1.37. The average Bonchev–Trinajstić information content (AvgIpc) is 2.73. The van der Waals surface area contributed by atoms with Crippen molar-refractivity contribution in [3.63, 3.8) is 0 Å². The summed E-state index contributed by atoms with van der Waals surface area (Å²) >= 11 is 0. The molecule has 10 nitrogen and oxygen atoms in total. The molecule has 0 aromatic carbocycles. The number of hydrogen-bond acceptors (Lipinski definition) is 10. The van der Waals surface area contributed by atoms with E-state index in [-0.39, 0.29) is 13.2 Å². The molecule has 0 saturated heterocycles. The predicted octanol–water partition coefficient (Wildman–Crippen LogP) is 4.84. The van der Waals surface area contributed by atoms with E-state index in [4.69, 9.17) is 18.9 Å². The van der Waals surface area contributed by atoms with Crippen molar-refractivity contribution in [3.8, 4) is 0 Å². The second-order valence-corrected chi connectivity index (χ2v) is 12.7. The van der Waals surface area contributed by atoms with E-state index in [0.717, 1.165) is 0 Å². The molecule has 0 radical (unpaired) electrons. The lowest BCUT2D eigenvalue weighted by atomic mass is 10.2. The molecule has 0 aliphatic heterocycles. The number of ether oxygens (including phenoxy) is 4. The van der Waals surface area contributed by atoms with Gasteiger partial charge in [0.15, 0.2) is 0 Å². The van der Waals surface area contributed by atoms with Crippen LogP contribution in [-0.2, 0) is 28.5 Å². The molecule has 2 N–H and O–H groups in total. The number of esters is 2. The van der Waals surface area contributed by atoms with Gasteiger partial charge in [-0.15, -0.1) is 0 Å². The SMILES string of the molecule is CCCOC(=O)[C@H](CCSSCC[C@H](NC(=O)OC(C)(C)C)C(=O)OCCC)NC(=O)OC(C)(C)C. The summed E-state index contributed by atoms with van der Waals surface area (Å²) in [5.74, 6) is 0.0651. The quantitative estimate of drug-likeness (QED) is 0.126. The van der Waals surface area contributed by atoms with Gasteiger partial charge in [0.2, 0.25) is 0 Å². The Kier molecular flexibility index (Phi) is 16.7. The molecule has 0 fully saturated rings. The van der Waals surface area contributed by atoms with Crippen LogP contribution in [0.25, 0.3) is 0 Å². The second-order valence-electron chi connectivity index (χ2n) is 9.95. The molecule has 12 heteroatoms. The van der Waals surface area contributed by atoms with Crippen molar-refractivity contribution < 1.29 is 38.1 Å². The van der Waals surface area contributed by atoms with Gasteiger partial charge in [-0.2, -0.15) is 0 Å². The molecule has 36 heavy (non-hydrogen) atoms. The van der Waals surface area contributed by atoms with E-state index in [0.29, 0.717) is 37.2 Å². The minimum Gasteiger partial charge on any atom is -0.464 e. The van der Waals surface area contributed by atoms with Gasteiger partial charge in [-0.25, -0.2) is 19.2 Å². The van der Waals surface area contributed by atoms with Crippen LogP contribution in [0.1, 0.15) is 81.1 Å². The van der Waals surface area contributed by atoms with Gasteiger partial charge in [0, 0.05) is 11.5 Å². The second kappa shape index (κ2) is 17.6. The molecule has 0 saturated carbocycles. The fourth-order valence-corrected chi connectivity index (χ4v) is 4.64. The summed E-state index contributed by atoms with van der Waals surface area (Å²) in [5, 5.41) is 5.17. The Morgan fingerprint density at radius 2 is 1.00 bits per heavy atom. The number of rotatable bonds is 15. The van der Waals surface area contributed by atoms with Gasteiger partial charge in [0.1, 0.15) is 23.3 Å². The molecule has 0 aromatic heterocycles. The third kappa shape index (κ3) is 18.4. The molecule has 0 rings (SSSR count). The van der Waals surface area contributed by atoms with Crippen molar-refractivity contribution in [3.05, 3.63) is 0 Å². The summed E-state index contributed by atoms with van der Waals surface area (Å²) in [6.45, 7) is 14.8. The molecular formula is C24H44N2O8S2. The van der Waals surface area contributed by atoms with E-state index in [2.05, 4.69) is 10.6 Å². The maximum Gasteiger partial charge on any atom is 0.408 e. The lowest BCUT2D eigenvalue weighted by Gasteiger charge is -2.23. The monoisotopic (exact) mass is 552 g/mol. The first-order valence-electron chi connectivity index (χ1n) is 12.2. The molecule has 0 heterocycles. The van der Waals surface area contributed by atoms with E-state index in [9.17, 15) is 19.2 Å². The average molecular weight is 553 g/mol. The maximum absolute atomic E-state index is 12.4. The van der Waals surface area contributed by atoms with Gasteiger partial charge < -0.3 is 29.6 Å². The molecule has 0 aromatic rings. The van der Waals surface area contributed by atoms with Crippen LogP contribution in [0.4, 0.5) is 9.59 Å². The highest BCUT2D eigenvalue weighted by atomic mass is 33.1. The number of carbonyl (C=O) groups is 4. The number of alkyl carbamates (subject to hydrolysis) is 2. The first kappa shape index (κ1) is 34.2. The van der Waals surface area contributed by atoms with Crippen LogP contribution in [0.5, 0.6) is 0 Å². The zero-order valence-electron chi connectivity index (χ0n) is 22.9. The van der Waals surface area contributed by atoms with Gasteiger partial charge in [-0.3, -0.25) is 0 Å². The van der Waals surface area contributed by atoms with Crippen molar-refractivity contribution in [1.82, 2.24) is 10.6 Å². The Labute approximate surface area is 223 Å². The van der Waals surface area contributed by atoms with Crippen LogP contribution in [0, 0.1) is 0 Å². The smallest absolute Gasteiger partial charge is 0.408 e. The summed E-state index contributed by atoms with van der Waals surface area (Å²) in [4.78, 5) is 49.0. The molecular weight excluding hydrogens is 508 g/mol. The molecule has 210 valence electrons. The molecule has 0 unspecified atom stereocenters. The van der Waals surface area contributed by atoms with Gasteiger partial charge in [-0.05, 0) is 67.2 Å². The Bertz CT molecular complexity index is 635. The number of nitrogens with one attached hydrogen (secondary N) is 2. The Morgan fingerprint density at radius 1 is 0.667 bits per heavy atom. The van der Waals surface area contributed by atoms with Crippen molar-refractivity contribution >= 4 is 45.7 Å². The van der Waals surface area contributed by atoms with Crippen LogP contribution in [0.3, 0.4) is 0 Å². The first-order valence-corrected chi connectivity index (χ1v) is 14.7. The molecule has 0 aliphatic rings. The fraction of sp³-hybridized carbons (Fsp3) is 0.833. The summed E-state index contributed by atoms with van der Waals surface area (Å²) < 4.78 is 20.9. The topological polar surface area (TPSA) is 129 Å². The zero-order valence-corrected chi connectivity index (χ0v) is 24.5. The van der Waals surface area contributed by atoms with E-state index >= 15 is 0 Å². The van der Waals surface area contributed by atoms with Crippen molar-refractivity contribution in [2.45, 2.75) is 104 Å². The van der Waals surface area contributed by atoms with Gasteiger partial charge >= 0.3 is 24.1 Å². The van der Waals surface area contributed by atoms with Crippen LogP contribution >= 0.6 is 21.6 Å². The summed E-state index contributed by atoms with van der Waals surface area (Å²) in [6, 6.07) is -1.66. The Balaban J connectivity index is 4.74. The van der Waals surface area contributed by atoms with Crippen LogP contribution in [-0.4, -0.2) is 72.1 Å². The largest absolute Gasteiger partial charge is 0.464 e. The van der Waals surface area contributed by atoms with Crippen LogP contribution < -0.4 is 10.6 Å². The van der Waals surface area contributed by atoms with E-state index in [1.165, 1.54) is 21.6 Å². The first-order chi connectivity index (χ1) is 16.7. The molecule has 0 aliphatic carbocycles. The lowest BCUT2D eigenvalue weighted by Crippen LogP contribution is -2.44. The summed E-state index contributed by atoms with van der Waals surface area (Å²) in [6.07, 6.45) is 0.680. The number of carbonyl (C=O) groups excluding carboxylic acids is 4. The van der Waals surface area contributed by atoms with Crippen LogP contribution in [0.15, 0.2) is 0 Å². The van der Waals surface area contributed by atoms with Crippen molar-refractivity contribution in [2.75, 3.05) is 24.7 Å². The fourth-order valence-electron chi connectivity index (χ4n) is 2.45. The minimum atomic E-state index is -0.829. The zero-order chi connectivity index (χ0) is 27.8. The van der Waals surface area contributed by atoms with Gasteiger partial charge in [-0.1, -0.05) is 35.4 Å². The Hall–Kier alpha value is -1.82. The Morgan fingerprint density at radius 3 is 1.28 bits per heavy atom. The molecule has 0 spiro atoms. The number of hydrogen-bond donors (Lipinski definition) is 2.